The van der Waals surface area contributed by atoms with Crippen molar-refractivity contribution in [3.05, 3.63) is 35.9 Å². The van der Waals surface area contributed by atoms with E-state index in [1.165, 1.54) is 0 Å². The van der Waals surface area contributed by atoms with Crippen LogP contribution in [0.4, 0.5) is 0 Å². The predicted octanol–water partition coefficient (Wildman–Crippen LogP) is 1.49. The Morgan fingerprint density at radius 1 is 1.22 bits per heavy atom. The summed E-state index contributed by atoms with van der Waals surface area (Å²) in [6.07, 6.45) is 1.43. The zero-order valence-electron chi connectivity index (χ0n) is 10.2. The quantitative estimate of drug-likeness (QED) is 0.427. The predicted molar refractivity (Wildman–Crippen MR) is 66.3 cm³/mol. The lowest BCUT2D eigenvalue weighted by Crippen LogP contribution is -2.08. The van der Waals surface area contributed by atoms with Crippen LogP contribution >= 0.6 is 0 Å². The van der Waals surface area contributed by atoms with E-state index in [1.807, 2.05) is 30.3 Å². The molecule has 0 radical (unpaired) electrons. The zero-order chi connectivity index (χ0) is 13.4. The molecule has 18 heavy (non-hydrogen) atoms. The first kappa shape index (κ1) is 14.7. The second-order valence-corrected chi connectivity index (χ2v) is 5.42. The molecule has 0 saturated heterocycles. The molecule has 0 heterocycles. The fraction of sp³-hybridized carbons (Fsp3) is 0.417. The molecule has 0 atom stereocenters. The van der Waals surface area contributed by atoms with Gasteiger partial charge in [-0.3, -0.25) is 8.98 Å². The van der Waals surface area contributed by atoms with Crippen LogP contribution < -0.4 is 0 Å². The van der Waals surface area contributed by atoms with Gasteiger partial charge in [-0.05, 0) is 12.0 Å². The lowest BCUT2D eigenvalue weighted by atomic mass is 10.2. The van der Waals surface area contributed by atoms with Gasteiger partial charge in [0.15, 0.2) is 0 Å². The Labute approximate surface area is 107 Å². The van der Waals surface area contributed by atoms with Crippen LogP contribution in [0.3, 0.4) is 0 Å². The van der Waals surface area contributed by atoms with Crippen LogP contribution in [-0.2, 0) is 30.4 Å². The van der Waals surface area contributed by atoms with Crippen molar-refractivity contribution >= 4 is 16.1 Å². The summed E-state index contributed by atoms with van der Waals surface area (Å²) < 4.78 is 30.8. The molecule has 5 nitrogen and oxygen atoms in total. The average Bonchev–Trinajstić information content (AvgIpc) is 2.32. The maximum Gasteiger partial charge on any atom is 0.306 e. The Morgan fingerprint density at radius 2 is 1.89 bits per heavy atom. The molecule has 0 unspecified atom stereocenters. The highest BCUT2D eigenvalue weighted by molar-refractivity contribution is 7.85. The Bertz CT molecular complexity index is 467. The summed E-state index contributed by atoms with van der Waals surface area (Å²) in [4.78, 5) is 11.3. The summed E-state index contributed by atoms with van der Waals surface area (Å²) >= 11 is 0. The van der Waals surface area contributed by atoms with Crippen LogP contribution in [0.5, 0.6) is 0 Å². The highest BCUT2D eigenvalue weighted by Gasteiger charge is 2.05. The molecule has 0 aliphatic heterocycles. The number of carbonyl (C=O) groups is 1. The molecular formula is C12H16O5S. The highest BCUT2D eigenvalue weighted by atomic mass is 32.2. The van der Waals surface area contributed by atoms with E-state index in [9.17, 15) is 13.2 Å². The van der Waals surface area contributed by atoms with Gasteiger partial charge in [-0.2, -0.15) is 8.42 Å². The van der Waals surface area contributed by atoms with Crippen molar-refractivity contribution in [3.63, 3.8) is 0 Å². The van der Waals surface area contributed by atoms with Crippen molar-refractivity contribution in [2.45, 2.75) is 19.4 Å². The molecule has 1 rings (SSSR count). The van der Waals surface area contributed by atoms with Gasteiger partial charge in [0.1, 0.15) is 6.61 Å². The summed E-state index contributed by atoms with van der Waals surface area (Å²) in [7, 11) is -3.43. The fourth-order valence-corrected chi connectivity index (χ4v) is 1.66. The minimum absolute atomic E-state index is 0.000724. The maximum absolute atomic E-state index is 11.3. The lowest BCUT2D eigenvalue weighted by molar-refractivity contribution is -0.145. The molecule has 0 aliphatic carbocycles. The Morgan fingerprint density at radius 3 is 2.50 bits per heavy atom. The number of benzene rings is 1. The summed E-state index contributed by atoms with van der Waals surface area (Å²) in [5, 5.41) is 0. The molecule has 0 aromatic heterocycles. The van der Waals surface area contributed by atoms with Crippen molar-refractivity contribution in [1.82, 2.24) is 0 Å². The summed E-state index contributed by atoms with van der Waals surface area (Å²) in [6.45, 7) is 0.228. The third-order valence-corrected chi connectivity index (χ3v) is 2.66. The average molecular weight is 272 g/mol. The molecule has 0 bridgehead atoms. The lowest BCUT2D eigenvalue weighted by Gasteiger charge is -2.04. The third-order valence-electron chi connectivity index (χ3n) is 2.07. The molecule has 0 aliphatic rings. The van der Waals surface area contributed by atoms with Gasteiger partial charge in [0.25, 0.3) is 10.1 Å². The van der Waals surface area contributed by atoms with Gasteiger partial charge in [-0.1, -0.05) is 30.3 Å². The number of carbonyl (C=O) groups excluding carboxylic acids is 1. The number of ether oxygens (including phenoxy) is 1. The third kappa shape index (κ3) is 7.03. The number of esters is 1. The molecule has 0 spiro atoms. The summed E-state index contributed by atoms with van der Waals surface area (Å²) in [5.41, 5.74) is 0.915. The van der Waals surface area contributed by atoms with E-state index < -0.39 is 10.1 Å². The highest BCUT2D eigenvalue weighted by Crippen LogP contribution is 2.03. The fourth-order valence-electron chi connectivity index (χ4n) is 1.24. The Kier molecular flexibility index (Phi) is 5.80. The van der Waals surface area contributed by atoms with E-state index in [4.69, 9.17) is 4.74 Å². The minimum atomic E-state index is -3.43. The Balaban J connectivity index is 2.15. The number of rotatable bonds is 7. The number of hydrogen-bond donors (Lipinski definition) is 0. The van der Waals surface area contributed by atoms with Gasteiger partial charge in [0, 0.05) is 6.42 Å². The van der Waals surface area contributed by atoms with Gasteiger partial charge >= 0.3 is 5.97 Å². The SMILES string of the molecule is CS(=O)(=O)OCCCC(=O)OCc1ccccc1. The van der Waals surface area contributed by atoms with Gasteiger partial charge in [-0.15, -0.1) is 0 Å². The van der Waals surface area contributed by atoms with Gasteiger partial charge in [0.05, 0.1) is 12.9 Å². The van der Waals surface area contributed by atoms with Gasteiger partial charge in [0.2, 0.25) is 0 Å². The topological polar surface area (TPSA) is 69.7 Å². The normalized spacial score (nSPS) is 11.2. The van der Waals surface area contributed by atoms with Crippen molar-refractivity contribution in [2.24, 2.45) is 0 Å². The van der Waals surface area contributed by atoms with Crippen molar-refractivity contribution in [3.8, 4) is 0 Å². The van der Waals surface area contributed by atoms with E-state index in [-0.39, 0.29) is 25.6 Å². The van der Waals surface area contributed by atoms with Crippen molar-refractivity contribution in [2.75, 3.05) is 12.9 Å². The van der Waals surface area contributed by atoms with E-state index in [0.717, 1.165) is 11.8 Å². The van der Waals surface area contributed by atoms with Gasteiger partial charge < -0.3 is 4.74 Å². The smallest absolute Gasteiger partial charge is 0.306 e. The van der Waals surface area contributed by atoms with Crippen LogP contribution in [0.1, 0.15) is 18.4 Å². The van der Waals surface area contributed by atoms with Gasteiger partial charge in [-0.25, -0.2) is 0 Å². The van der Waals surface area contributed by atoms with Crippen LogP contribution in [0.2, 0.25) is 0 Å². The molecule has 0 saturated carbocycles. The van der Waals surface area contributed by atoms with E-state index in [0.29, 0.717) is 6.42 Å². The standard InChI is InChI=1S/C12H16O5S/c1-18(14,15)17-9-5-8-12(13)16-10-11-6-3-2-4-7-11/h2-4,6-7H,5,8-10H2,1H3. The summed E-state index contributed by atoms with van der Waals surface area (Å²) in [5.74, 6) is -0.365. The van der Waals surface area contributed by atoms with Crippen molar-refractivity contribution in [1.29, 1.82) is 0 Å². The minimum Gasteiger partial charge on any atom is -0.461 e. The molecule has 1 aromatic rings. The molecule has 100 valence electrons. The van der Waals surface area contributed by atoms with Crippen LogP contribution in [-0.4, -0.2) is 27.2 Å². The molecule has 6 heteroatoms. The zero-order valence-corrected chi connectivity index (χ0v) is 11.0. The second-order valence-electron chi connectivity index (χ2n) is 3.78. The van der Waals surface area contributed by atoms with Crippen LogP contribution in [0, 0.1) is 0 Å². The Hall–Kier alpha value is -1.40. The second kappa shape index (κ2) is 7.13. The van der Waals surface area contributed by atoms with E-state index in [1.54, 1.807) is 0 Å². The first-order chi connectivity index (χ1) is 8.47. The monoisotopic (exact) mass is 272 g/mol. The number of hydrogen-bond acceptors (Lipinski definition) is 5. The van der Waals surface area contributed by atoms with E-state index in [2.05, 4.69) is 4.18 Å². The van der Waals surface area contributed by atoms with Crippen LogP contribution in [0.15, 0.2) is 30.3 Å². The molecule has 0 amide bonds. The molecule has 0 N–H and O–H groups in total. The van der Waals surface area contributed by atoms with E-state index >= 15 is 0 Å². The largest absolute Gasteiger partial charge is 0.461 e. The van der Waals surface area contributed by atoms with Crippen LogP contribution in [0.25, 0.3) is 0 Å². The summed E-state index contributed by atoms with van der Waals surface area (Å²) in [6, 6.07) is 9.33. The maximum atomic E-state index is 11.3. The molecule has 0 fully saturated rings. The molecule has 1 aromatic carbocycles. The molecular weight excluding hydrogens is 256 g/mol. The first-order valence-electron chi connectivity index (χ1n) is 5.51. The van der Waals surface area contributed by atoms with Crippen molar-refractivity contribution < 1.29 is 22.1 Å². The first-order valence-corrected chi connectivity index (χ1v) is 7.33.